The second kappa shape index (κ2) is 4.14. The molecule has 1 heterocycles. The van der Waals surface area contributed by atoms with E-state index >= 15 is 0 Å². The average Bonchev–Trinajstić information content (AvgIpc) is 2.04. The van der Waals surface area contributed by atoms with Crippen molar-refractivity contribution in [2.75, 3.05) is 26.2 Å². The predicted octanol–water partition coefficient (Wildman–Crippen LogP) is 1.06. The van der Waals surface area contributed by atoms with Crippen molar-refractivity contribution in [1.29, 1.82) is 0 Å². The molecule has 0 N–H and O–H groups in total. The molecule has 0 bridgehead atoms. The molecular formula is C8H16N2OS. The molecule has 0 aromatic carbocycles. The largest absolute Gasteiger partial charge is 0.331 e. The molecule has 1 aliphatic heterocycles. The van der Waals surface area contributed by atoms with Crippen molar-refractivity contribution < 1.29 is 4.79 Å². The van der Waals surface area contributed by atoms with E-state index in [2.05, 4.69) is 31.4 Å². The number of amides is 1. The Morgan fingerprint density at radius 1 is 1.25 bits per heavy atom. The van der Waals surface area contributed by atoms with E-state index in [1.807, 2.05) is 0 Å². The van der Waals surface area contributed by atoms with Crippen LogP contribution in [-0.4, -0.2) is 47.3 Å². The van der Waals surface area contributed by atoms with Crippen LogP contribution in [-0.2, 0) is 0 Å². The Morgan fingerprint density at radius 3 is 2.08 bits per heavy atom. The minimum Gasteiger partial charge on any atom is -0.331 e. The van der Waals surface area contributed by atoms with Crippen molar-refractivity contribution in [3.63, 3.8) is 0 Å². The molecule has 4 heteroatoms. The lowest BCUT2D eigenvalue weighted by Gasteiger charge is -2.36. The van der Waals surface area contributed by atoms with Crippen molar-refractivity contribution in [2.24, 2.45) is 0 Å². The third-order valence-electron chi connectivity index (χ3n) is 2.32. The Bertz CT molecular complexity index is 164. The second-order valence-corrected chi connectivity index (χ2v) is 3.78. The summed E-state index contributed by atoms with van der Waals surface area (Å²) >= 11 is 3.79. The van der Waals surface area contributed by atoms with Crippen molar-refractivity contribution in [3.05, 3.63) is 0 Å². The summed E-state index contributed by atoms with van der Waals surface area (Å²) in [4.78, 5) is 15.0. The van der Waals surface area contributed by atoms with Gasteiger partial charge < -0.3 is 4.90 Å². The van der Waals surface area contributed by atoms with Gasteiger partial charge in [-0.25, -0.2) is 0 Å². The van der Waals surface area contributed by atoms with Gasteiger partial charge in [0, 0.05) is 32.2 Å². The highest BCUT2D eigenvalue weighted by Crippen LogP contribution is 2.07. The lowest BCUT2D eigenvalue weighted by molar-refractivity contribution is 0.130. The van der Waals surface area contributed by atoms with Gasteiger partial charge in [-0.15, -0.1) is 0 Å². The van der Waals surface area contributed by atoms with Crippen molar-refractivity contribution in [2.45, 2.75) is 19.9 Å². The molecule has 0 spiro atoms. The summed E-state index contributed by atoms with van der Waals surface area (Å²) in [7, 11) is 0. The molecule has 1 amide bonds. The molecule has 0 atom stereocenters. The van der Waals surface area contributed by atoms with Crippen LogP contribution in [0.2, 0.25) is 0 Å². The highest BCUT2D eigenvalue weighted by Gasteiger charge is 2.20. The molecule has 1 rings (SSSR count). The van der Waals surface area contributed by atoms with Crippen LogP contribution in [0.5, 0.6) is 0 Å². The van der Waals surface area contributed by atoms with Crippen LogP contribution >= 0.6 is 12.6 Å². The summed E-state index contributed by atoms with van der Waals surface area (Å²) in [6.45, 7) is 7.95. The predicted molar refractivity (Wildman–Crippen MR) is 52.7 cm³/mol. The molecule has 3 nitrogen and oxygen atoms in total. The fraction of sp³-hybridized carbons (Fsp3) is 0.875. The Morgan fingerprint density at radius 2 is 1.75 bits per heavy atom. The Labute approximate surface area is 79.1 Å². The zero-order valence-corrected chi connectivity index (χ0v) is 8.55. The molecule has 0 radical (unpaired) electrons. The Kier molecular flexibility index (Phi) is 3.40. The van der Waals surface area contributed by atoms with E-state index in [0.29, 0.717) is 6.04 Å². The second-order valence-electron chi connectivity index (χ2n) is 3.40. The maximum Gasteiger partial charge on any atom is 0.278 e. The monoisotopic (exact) mass is 188 g/mol. The van der Waals surface area contributed by atoms with Crippen molar-refractivity contribution >= 4 is 17.9 Å². The summed E-state index contributed by atoms with van der Waals surface area (Å²) in [5, 5.41) is -0.0987. The Balaban J connectivity index is 2.34. The third-order valence-corrected chi connectivity index (χ3v) is 2.60. The summed E-state index contributed by atoms with van der Waals surface area (Å²) < 4.78 is 0. The standard InChI is InChI=1S/C8H16N2OS/c1-7(2)9-3-5-10(6-4-9)8(11)12/h7H,3-6H2,1-2H3,(H,11,12). The lowest BCUT2D eigenvalue weighted by Crippen LogP contribution is -2.49. The zero-order chi connectivity index (χ0) is 9.14. The number of piperazine rings is 1. The highest BCUT2D eigenvalue weighted by atomic mass is 32.1. The van der Waals surface area contributed by atoms with Gasteiger partial charge in [-0.1, -0.05) is 12.6 Å². The number of carbonyl (C=O) groups excluding carboxylic acids is 1. The highest BCUT2D eigenvalue weighted by molar-refractivity contribution is 7.96. The zero-order valence-electron chi connectivity index (χ0n) is 7.66. The summed E-state index contributed by atoms with van der Waals surface area (Å²) in [5.74, 6) is 0. The summed E-state index contributed by atoms with van der Waals surface area (Å²) in [6, 6.07) is 0.585. The molecule has 1 fully saturated rings. The smallest absolute Gasteiger partial charge is 0.278 e. The van der Waals surface area contributed by atoms with Gasteiger partial charge in [0.2, 0.25) is 0 Å². The topological polar surface area (TPSA) is 23.6 Å². The van der Waals surface area contributed by atoms with Crippen LogP contribution in [0, 0.1) is 0 Å². The van der Waals surface area contributed by atoms with Gasteiger partial charge >= 0.3 is 0 Å². The summed E-state index contributed by atoms with van der Waals surface area (Å²) in [6.07, 6.45) is 0. The number of carbonyl (C=O) groups is 1. The van der Waals surface area contributed by atoms with E-state index in [1.54, 1.807) is 4.90 Å². The first kappa shape index (κ1) is 9.86. The molecule has 70 valence electrons. The minimum absolute atomic E-state index is 0.0987. The van der Waals surface area contributed by atoms with Gasteiger partial charge in [-0.3, -0.25) is 9.69 Å². The maximum absolute atomic E-state index is 10.8. The quantitative estimate of drug-likeness (QED) is 0.622. The molecule has 0 aliphatic carbocycles. The van der Waals surface area contributed by atoms with Crippen LogP contribution in [0.4, 0.5) is 4.79 Å². The molecule has 12 heavy (non-hydrogen) atoms. The summed E-state index contributed by atoms with van der Waals surface area (Å²) in [5.41, 5.74) is 0. The van der Waals surface area contributed by atoms with E-state index in [1.165, 1.54) is 0 Å². The van der Waals surface area contributed by atoms with Gasteiger partial charge in [0.05, 0.1) is 0 Å². The first-order valence-corrected chi connectivity index (χ1v) is 4.78. The minimum atomic E-state index is -0.0987. The molecule has 0 aromatic heterocycles. The van der Waals surface area contributed by atoms with Crippen LogP contribution in [0.3, 0.4) is 0 Å². The number of thiol groups is 1. The normalized spacial score (nSPS) is 20.2. The van der Waals surface area contributed by atoms with Gasteiger partial charge in [0.1, 0.15) is 0 Å². The third kappa shape index (κ3) is 2.38. The molecule has 0 aromatic rings. The number of nitrogens with zero attached hydrogens (tertiary/aromatic N) is 2. The molecule has 0 saturated carbocycles. The van der Waals surface area contributed by atoms with E-state index in [0.717, 1.165) is 26.2 Å². The SMILES string of the molecule is CC(C)N1CCN(C(=O)S)CC1. The first-order valence-electron chi connectivity index (χ1n) is 4.33. The van der Waals surface area contributed by atoms with E-state index in [9.17, 15) is 4.79 Å². The van der Waals surface area contributed by atoms with Crippen LogP contribution in [0.15, 0.2) is 0 Å². The molecular weight excluding hydrogens is 172 g/mol. The van der Waals surface area contributed by atoms with Crippen molar-refractivity contribution in [3.8, 4) is 0 Å². The van der Waals surface area contributed by atoms with Gasteiger partial charge in [0.15, 0.2) is 0 Å². The fourth-order valence-electron chi connectivity index (χ4n) is 1.43. The van der Waals surface area contributed by atoms with E-state index < -0.39 is 0 Å². The van der Waals surface area contributed by atoms with Crippen molar-refractivity contribution in [1.82, 2.24) is 9.80 Å². The van der Waals surface area contributed by atoms with Crippen LogP contribution < -0.4 is 0 Å². The van der Waals surface area contributed by atoms with Gasteiger partial charge in [-0.05, 0) is 13.8 Å². The lowest BCUT2D eigenvalue weighted by atomic mass is 10.2. The van der Waals surface area contributed by atoms with Gasteiger partial charge in [-0.2, -0.15) is 0 Å². The molecule has 0 unspecified atom stereocenters. The van der Waals surface area contributed by atoms with E-state index in [4.69, 9.17) is 0 Å². The number of hydrogen-bond donors (Lipinski definition) is 1. The number of rotatable bonds is 1. The van der Waals surface area contributed by atoms with Gasteiger partial charge in [0.25, 0.3) is 5.24 Å². The Hall–Kier alpha value is -0.220. The van der Waals surface area contributed by atoms with Crippen LogP contribution in [0.25, 0.3) is 0 Å². The molecule has 1 saturated heterocycles. The van der Waals surface area contributed by atoms with Crippen LogP contribution in [0.1, 0.15) is 13.8 Å². The molecule has 1 aliphatic rings. The first-order chi connectivity index (χ1) is 5.61. The number of hydrogen-bond acceptors (Lipinski definition) is 2. The van der Waals surface area contributed by atoms with E-state index in [-0.39, 0.29) is 5.24 Å². The fourth-order valence-corrected chi connectivity index (χ4v) is 1.63. The maximum atomic E-state index is 10.8. The average molecular weight is 188 g/mol.